The minimum absolute atomic E-state index is 0.470. The molecule has 0 radical (unpaired) electrons. The molecule has 0 bridgehead atoms. The number of nitro groups is 1. The zero-order chi connectivity index (χ0) is 13.8. The second kappa shape index (κ2) is 5.99. The number of benzene rings is 1. The van der Waals surface area contributed by atoms with Crippen LogP contribution in [-0.4, -0.2) is 11.5 Å². The highest BCUT2D eigenvalue weighted by Crippen LogP contribution is 2.29. The van der Waals surface area contributed by atoms with Gasteiger partial charge in [-0.25, -0.2) is 0 Å². The van der Waals surface area contributed by atoms with Crippen molar-refractivity contribution in [1.29, 1.82) is 0 Å². The van der Waals surface area contributed by atoms with Crippen LogP contribution >= 0.6 is 0 Å². The highest BCUT2D eigenvalue weighted by atomic mass is 19.1. The summed E-state index contributed by atoms with van der Waals surface area (Å²) < 4.78 is 13.2. The molecule has 0 saturated heterocycles. The summed E-state index contributed by atoms with van der Waals surface area (Å²) in [6.07, 6.45) is 4.92. The molecular formula is C14H19FN2O2. The van der Waals surface area contributed by atoms with Crippen LogP contribution in [0.25, 0.3) is 0 Å². The summed E-state index contributed by atoms with van der Waals surface area (Å²) in [5.74, 6) is 0.567. The van der Waals surface area contributed by atoms with Crippen molar-refractivity contribution in [2.45, 2.75) is 32.6 Å². The van der Waals surface area contributed by atoms with E-state index in [9.17, 15) is 14.5 Å². The van der Waals surface area contributed by atoms with Gasteiger partial charge in [0.25, 0.3) is 0 Å². The zero-order valence-electron chi connectivity index (χ0n) is 11.1. The lowest BCUT2D eigenvalue weighted by atomic mass is 9.82. The molecule has 1 aromatic carbocycles. The van der Waals surface area contributed by atoms with E-state index in [-0.39, 0.29) is 0 Å². The van der Waals surface area contributed by atoms with Gasteiger partial charge in [-0.2, -0.15) is 4.39 Å². The first kappa shape index (κ1) is 13.8. The predicted octanol–water partition coefficient (Wildman–Crippen LogP) is 3.97. The summed E-state index contributed by atoms with van der Waals surface area (Å²) in [4.78, 5) is 9.97. The molecule has 2 unspecified atom stereocenters. The van der Waals surface area contributed by atoms with Gasteiger partial charge in [0, 0.05) is 18.3 Å². The number of hydrogen-bond donors (Lipinski definition) is 1. The Kier molecular flexibility index (Phi) is 4.35. The van der Waals surface area contributed by atoms with Crippen LogP contribution in [0, 0.1) is 27.8 Å². The van der Waals surface area contributed by atoms with Gasteiger partial charge in [0.15, 0.2) is 0 Å². The highest BCUT2D eigenvalue weighted by Gasteiger charge is 2.19. The Bertz CT molecular complexity index is 465. The minimum Gasteiger partial charge on any atom is -0.385 e. The molecule has 1 saturated carbocycles. The van der Waals surface area contributed by atoms with Crippen LogP contribution in [0.2, 0.25) is 0 Å². The van der Waals surface area contributed by atoms with Crippen molar-refractivity contribution in [3.05, 3.63) is 34.1 Å². The molecule has 19 heavy (non-hydrogen) atoms. The quantitative estimate of drug-likeness (QED) is 0.662. The molecule has 5 heteroatoms. The zero-order valence-corrected chi connectivity index (χ0v) is 11.1. The van der Waals surface area contributed by atoms with E-state index in [4.69, 9.17) is 0 Å². The van der Waals surface area contributed by atoms with E-state index in [1.807, 2.05) is 0 Å². The van der Waals surface area contributed by atoms with Gasteiger partial charge in [-0.05, 0) is 36.8 Å². The van der Waals surface area contributed by atoms with E-state index in [0.717, 1.165) is 18.5 Å². The third kappa shape index (κ3) is 3.66. The van der Waals surface area contributed by atoms with Crippen molar-refractivity contribution in [1.82, 2.24) is 0 Å². The van der Waals surface area contributed by atoms with Crippen molar-refractivity contribution in [2.24, 2.45) is 11.8 Å². The van der Waals surface area contributed by atoms with E-state index < -0.39 is 16.4 Å². The highest BCUT2D eigenvalue weighted by molar-refractivity contribution is 5.51. The number of halogens is 1. The predicted molar refractivity (Wildman–Crippen MR) is 72.7 cm³/mol. The Hall–Kier alpha value is -1.65. The molecule has 1 fully saturated rings. The number of anilines is 1. The second-order valence-electron chi connectivity index (χ2n) is 5.44. The third-order valence-electron chi connectivity index (χ3n) is 3.78. The molecule has 2 atom stereocenters. The first-order valence-electron chi connectivity index (χ1n) is 6.74. The fourth-order valence-corrected chi connectivity index (χ4v) is 2.77. The van der Waals surface area contributed by atoms with Gasteiger partial charge >= 0.3 is 5.69 Å². The first-order valence-corrected chi connectivity index (χ1v) is 6.74. The second-order valence-corrected chi connectivity index (χ2v) is 5.44. The van der Waals surface area contributed by atoms with Crippen LogP contribution in [0.15, 0.2) is 18.2 Å². The number of nitrogens with one attached hydrogen (secondary N) is 1. The lowest BCUT2D eigenvalue weighted by Gasteiger charge is -2.27. The normalized spacial score (nSPS) is 23.1. The molecule has 104 valence electrons. The monoisotopic (exact) mass is 266 g/mol. The van der Waals surface area contributed by atoms with Crippen LogP contribution < -0.4 is 5.32 Å². The smallest absolute Gasteiger partial charge is 0.306 e. The lowest BCUT2D eigenvalue weighted by molar-refractivity contribution is -0.387. The Morgan fingerprint density at radius 2 is 2.26 bits per heavy atom. The number of nitro benzene ring substituents is 1. The Morgan fingerprint density at radius 3 is 2.95 bits per heavy atom. The molecule has 1 N–H and O–H groups in total. The maximum atomic E-state index is 13.2. The van der Waals surface area contributed by atoms with Crippen LogP contribution in [0.5, 0.6) is 0 Å². The minimum atomic E-state index is -0.790. The number of nitrogens with zero attached hydrogens (tertiary/aromatic N) is 1. The van der Waals surface area contributed by atoms with Gasteiger partial charge in [-0.3, -0.25) is 10.1 Å². The van der Waals surface area contributed by atoms with Crippen LogP contribution in [0.3, 0.4) is 0 Å². The molecule has 1 aromatic rings. The molecule has 0 aliphatic heterocycles. The first-order chi connectivity index (χ1) is 9.06. The molecule has 0 heterocycles. The van der Waals surface area contributed by atoms with E-state index in [2.05, 4.69) is 12.2 Å². The molecule has 2 rings (SSSR count). The van der Waals surface area contributed by atoms with Crippen molar-refractivity contribution in [3.63, 3.8) is 0 Å². The maximum Gasteiger partial charge on any atom is 0.306 e. The molecule has 1 aliphatic rings. The summed E-state index contributed by atoms with van der Waals surface area (Å²) >= 11 is 0. The fraction of sp³-hybridized carbons (Fsp3) is 0.571. The molecule has 0 aromatic heterocycles. The summed E-state index contributed by atoms with van der Waals surface area (Å²) in [5.41, 5.74) is 0.147. The summed E-state index contributed by atoms with van der Waals surface area (Å²) in [7, 11) is 0. The van der Waals surface area contributed by atoms with E-state index in [1.165, 1.54) is 31.7 Å². The fourth-order valence-electron chi connectivity index (χ4n) is 2.77. The van der Waals surface area contributed by atoms with Gasteiger partial charge in [-0.1, -0.05) is 19.8 Å². The van der Waals surface area contributed by atoms with Crippen molar-refractivity contribution < 1.29 is 9.31 Å². The van der Waals surface area contributed by atoms with Crippen molar-refractivity contribution in [3.8, 4) is 0 Å². The molecule has 0 amide bonds. The summed E-state index contributed by atoms with van der Waals surface area (Å²) in [6, 6.07) is 3.96. The van der Waals surface area contributed by atoms with Gasteiger partial charge in [-0.15, -0.1) is 0 Å². The van der Waals surface area contributed by atoms with Gasteiger partial charge in [0.1, 0.15) is 0 Å². The van der Waals surface area contributed by atoms with Crippen LogP contribution in [0.1, 0.15) is 32.6 Å². The third-order valence-corrected chi connectivity index (χ3v) is 3.78. The van der Waals surface area contributed by atoms with E-state index in [0.29, 0.717) is 11.6 Å². The van der Waals surface area contributed by atoms with Crippen molar-refractivity contribution >= 4 is 11.4 Å². The Balaban J connectivity index is 1.96. The number of hydrogen-bond acceptors (Lipinski definition) is 3. The van der Waals surface area contributed by atoms with Gasteiger partial charge < -0.3 is 5.32 Å². The van der Waals surface area contributed by atoms with E-state index in [1.54, 1.807) is 6.07 Å². The average Bonchev–Trinajstić information content (AvgIpc) is 2.37. The largest absolute Gasteiger partial charge is 0.385 e. The van der Waals surface area contributed by atoms with Gasteiger partial charge in [0.05, 0.1) is 4.92 Å². The van der Waals surface area contributed by atoms with Crippen molar-refractivity contribution in [2.75, 3.05) is 11.9 Å². The number of rotatable bonds is 4. The topological polar surface area (TPSA) is 55.2 Å². The summed E-state index contributed by atoms with van der Waals surface area (Å²) in [6.45, 7) is 3.06. The van der Waals surface area contributed by atoms with E-state index >= 15 is 0 Å². The van der Waals surface area contributed by atoms with Crippen LogP contribution in [0.4, 0.5) is 15.8 Å². The summed E-state index contributed by atoms with van der Waals surface area (Å²) in [5, 5.41) is 13.8. The lowest BCUT2D eigenvalue weighted by Crippen LogP contribution is -2.21. The molecular weight excluding hydrogens is 247 g/mol. The molecule has 4 nitrogen and oxygen atoms in total. The van der Waals surface area contributed by atoms with Crippen LogP contribution in [-0.2, 0) is 0 Å². The maximum absolute atomic E-state index is 13.2. The molecule has 1 aliphatic carbocycles. The standard InChI is InChI=1S/C14H19FN2O2/c1-10-3-2-4-11(7-10)9-16-12-5-6-13(15)14(8-12)17(18)19/h5-6,8,10-11,16H,2-4,7,9H2,1H3. The Morgan fingerprint density at radius 1 is 1.47 bits per heavy atom. The Labute approximate surface area is 112 Å². The average molecular weight is 266 g/mol. The molecule has 0 spiro atoms. The SMILES string of the molecule is CC1CCCC(CNc2ccc(F)c([N+](=O)[O-])c2)C1. The van der Waals surface area contributed by atoms with Gasteiger partial charge in [0.2, 0.25) is 5.82 Å².